The Morgan fingerprint density at radius 3 is 2.67 bits per heavy atom. The molecule has 0 nitrogen and oxygen atoms in total. The summed E-state index contributed by atoms with van der Waals surface area (Å²) >= 11 is 1.81. The molecule has 0 aromatic heterocycles. The van der Waals surface area contributed by atoms with Crippen molar-refractivity contribution >= 4 is 11.8 Å². The lowest BCUT2D eigenvalue weighted by atomic mass is 10.6. The molecule has 0 rings (SSSR count). The second kappa shape index (κ2) is 5.09. The normalized spacial score (nSPS) is 10.3. The predicted octanol–water partition coefficient (Wildman–Crippen LogP) is 1.73. The fraction of sp³-hybridized carbons (Fsp3) is 0.600. The van der Waals surface area contributed by atoms with Crippen molar-refractivity contribution < 1.29 is 0 Å². The summed E-state index contributed by atoms with van der Waals surface area (Å²) in [5.74, 6) is 1.09. The summed E-state index contributed by atoms with van der Waals surface area (Å²) in [6.07, 6.45) is 7.02. The molecule has 0 spiro atoms. The van der Waals surface area contributed by atoms with Gasteiger partial charge in [0.05, 0.1) is 0 Å². The third kappa shape index (κ3) is 4.09. The summed E-state index contributed by atoms with van der Waals surface area (Å²) in [5, 5.41) is 0. The van der Waals surface area contributed by atoms with Crippen molar-refractivity contribution in [3.8, 4) is 0 Å². The predicted molar refractivity (Wildman–Crippen MR) is 31.9 cm³/mol. The minimum absolute atomic E-state index is 1.09. The molecule has 0 aromatic carbocycles. The van der Waals surface area contributed by atoms with Crippen LogP contribution in [-0.4, -0.2) is 12.0 Å². The zero-order valence-corrected chi connectivity index (χ0v) is 5.01. The van der Waals surface area contributed by atoms with Crippen molar-refractivity contribution in [2.45, 2.75) is 6.92 Å². The van der Waals surface area contributed by atoms with Crippen LogP contribution in [0.1, 0.15) is 6.92 Å². The minimum Gasteiger partial charge on any atom is -0.161 e. The molecule has 35 valence electrons. The van der Waals surface area contributed by atoms with E-state index in [1.807, 2.05) is 24.8 Å². The quantitative estimate of drug-likeness (QED) is 0.510. The number of rotatable bonds is 2. The van der Waals surface area contributed by atoms with Crippen molar-refractivity contribution in [2.24, 2.45) is 0 Å². The van der Waals surface area contributed by atoms with Gasteiger partial charge in [-0.25, -0.2) is 0 Å². The van der Waals surface area contributed by atoms with Crippen LogP contribution in [0, 0.1) is 6.08 Å². The molecule has 0 amide bonds. The summed E-state index contributed by atoms with van der Waals surface area (Å²) < 4.78 is 0. The zero-order valence-electron chi connectivity index (χ0n) is 4.19. The molecule has 0 saturated carbocycles. The average Bonchev–Trinajstić information content (AvgIpc) is 1.61. The third-order valence-electron chi connectivity index (χ3n) is 0.454. The molecule has 0 aliphatic carbocycles. The van der Waals surface area contributed by atoms with Crippen LogP contribution in [0.4, 0.5) is 0 Å². The fourth-order valence-corrected chi connectivity index (χ4v) is 0.500. The average molecular weight is 101 g/mol. The van der Waals surface area contributed by atoms with Crippen LogP contribution in [0.2, 0.25) is 0 Å². The highest BCUT2D eigenvalue weighted by molar-refractivity contribution is 7.98. The van der Waals surface area contributed by atoms with Crippen molar-refractivity contribution in [1.29, 1.82) is 0 Å². The van der Waals surface area contributed by atoms with Gasteiger partial charge in [-0.2, -0.15) is 11.8 Å². The molecule has 0 N–H and O–H groups in total. The van der Waals surface area contributed by atoms with Crippen LogP contribution < -0.4 is 0 Å². The van der Waals surface area contributed by atoms with Gasteiger partial charge in [0.25, 0.3) is 0 Å². The van der Waals surface area contributed by atoms with E-state index in [1.165, 1.54) is 0 Å². The number of hydrogen-bond donors (Lipinski definition) is 0. The van der Waals surface area contributed by atoms with Crippen LogP contribution >= 0.6 is 11.8 Å². The smallest absolute Gasteiger partial charge is 0.0116 e. The largest absolute Gasteiger partial charge is 0.161 e. The summed E-state index contributed by atoms with van der Waals surface area (Å²) in [6.45, 7) is 1.91. The Morgan fingerprint density at radius 2 is 2.50 bits per heavy atom. The fourth-order valence-electron chi connectivity index (χ4n) is 0.167. The molecule has 0 heterocycles. The first-order chi connectivity index (χ1) is 2.91. The van der Waals surface area contributed by atoms with Crippen LogP contribution in [0.15, 0.2) is 6.08 Å². The monoisotopic (exact) mass is 101 g/mol. The molecule has 0 aromatic rings. The summed E-state index contributed by atoms with van der Waals surface area (Å²) in [6, 6.07) is 0. The maximum atomic E-state index is 2.92. The third-order valence-corrected chi connectivity index (χ3v) is 0.954. The second-order valence-electron chi connectivity index (χ2n) is 0.948. The molecule has 0 aliphatic heterocycles. The van der Waals surface area contributed by atoms with Gasteiger partial charge in [0.2, 0.25) is 0 Å². The topological polar surface area (TPSA) is 0 Å². The van der Waals surface area contributed by atoms with Gasteiger partial charge in [-0.15, -0.1) is 0 Å². The van der Waals surface area contributed by atoms with Crippen LogP contribution in [0.3, 0.4) is 0 Å². The van der Waals surface area contributed by atoms with E-state index in [-0.39, 0.29) is 0 Å². The molecule has 0 fully saturated rings. The van der Waals surface area contributed by atoms with E-state index in [0.29, 0.717) is 0 Å². The maximum Gasteiger partial charge on any atom is 0.0116 e. The van der Waals surface area contributed by atoms with Crippen molar-refractivity contribution in [3.05, 3.63) is 12.2 Å². The first-order valence-corrected chi connectivity index (χ1v) is 3.29. The number of thioether (sulfide) groups is 1. The van der Waals surface area contributed by atoms with Crippen molar-refractivity contribution in [1.82, 2.24) is 0 Å². The molecule has 0 atom stereocenters. The van der Waals surface area contributed by atoms with Gasteiger partial charge in [-0.3, -0.25) is 0 Å². The minimum atomic E-state index is 1.09. The van der Waals surface area contributed by atoms with E-state index >= 15 is 0 Å². The van der Waals surface area contributed by atoms with Crippen LogP contribution in [0.5, 0.6) is 0 Å². The Labute approximate surface area is 43.6 Å². The van der Waals surface area contributed by atoms with E-state index in [9.17, 15) is 0 Å². The summed E-state index contributed by atoms with van der Waals surface area (Å²) in [7, 11) is 0. The van der Waals surface area contributed by atoms with Crippen LogP contribution in [-0.2, 0) is 0 Å². The first kappa shape index (κ1) is 6.09. The highest BCUT2D eigenvalue weighted by atomic mass is 32.2. The van der Waals surface area contributed by atoms with Gasteiger partial charge >= 0.3 is 0 Å². The van der Waals surface area contributed by atoms with Crippen molar-refractivity contribution in [3.63, 3.8) is 0 Å². The summed E-state index contributed by atoms with van der Waals surface area (Å²) in [4.78, 5) is 0. The van der Waals surface area contributed by atoms with E-state index in [0.717, 1.165) is 5.75 Å². The molecule has 1 heteroatoms. The molecule has 0 unspecified atom stereocenters. The highest BCUT2D eigenvalue weighted by Crippen LogP contribution is 1.88. The maximum absolute atomic E-state index is 2.92. The number of hydrogen-bond acceptors (Lipinski definition) is 1. The molecule has 0 saturated heterocycles. The Balaban J connectivity index is 2.66. The van der Waals surface area contributed by atoms with Gasteiger partial charge in [-0.1, -0.05) is 12.2 Å². The van der Waals surface area contributed by atoms with Crippen molar-refractivity contribution in [2.75, 3.05) is 12.0 Å². The SMILES string of the molecule is C/[C]=C/CSC. The lowest BCUT2D eigenvalue weighted by Gasteiger charge is -1.76. The van der Waals surface area contributed by atoms with Gasteiger partial charge in [0.1, 0.15) is 0 Å². The molecular weight excluding hydrogens is 92.1 g/mol. The lowest BCUT2D eigenvalue weighted by Crippen LogP contribution is -1.61. The standard InChI is InChI=1S/C5H9S/c1-3-4-5-6-2/h4H,5H2,1-2H3. The van der Waals surface area contributed by atoms with Gasteiger partial charge in [-0.05, 0) is 13.2 Å². The first-order valence-electron chi connectivity index (χ1n) is 1.89. The molecule has 0 bridgehead atoms. The zero-order chi connectivity index (χ0) is 4.83. The molecule has 1 radical (unpaired) electrons. The second-order valence-corrected chi connectivity index (χ2v) is 1.86. The Bertz CT molecular complexity index is 39.2. The summed E-state index contributed by atoms with van der Waals surface area (Å²) in [5.41, 5.74) is 0. The molecule has 6 heavy (non-hydrogen) atoms. The van der Waals surface area contributed by atoms with Crippen LogP contribution in [0.25, 0.3) is 0 Å². The molecular formula is C5H9S. The Hall–Kier alpha value is 0.0900. The van der Waals surface area contributed by atoms with E-state index in [2.05, 4.69) is 12.3 Å². The number of allylic oxidation sites excluding steroid dienone is 1. The Kier molecular flexibility index (Phi) is 5.17. The van der Waals surface area contributed by atoms with E-state index in [4.69, 9.17) is 0 Å². The lowest BCUT2D eigenvalue weighted by molar-refractivity contribution is 1.59. The van der Waals surface area contributed by atoms with E-state index in [1.54, 1.807) is 0 Å². The van der Waals surface area contributed by atoms with Gasteiger partial charge < -0.3 is 0 Å². The highest BCUT2D eigenvalue weighted by Gasteiger charge is 1.64. The van der Waals surface area contributed by atoms with Gasteiger partial charge in [0, 0.05) is 5.75 Å². The van der Waals surface area contributed by atoms with Gasteiger partial charge in [0.15, 0.2) is 0 Å². The van der Waals surface area contributed by atoms with E-state index < -0.39 is 0 Å². The molecule has 0 aliphatic rings. The Morgan fingerprint density at radius 1 is 1.83 bits per heavy atom.